The molecule has 0 aliphatic rings. The van der Waals surface area contributed by atoms with Crippen LogP contribution in [0.2, 0.25) is 5.02 Å². The number of halogens is 1. The van der Waals surface area contributed by atoms with Crippen molar-refractivity contribution < 1.29 is 9.53 Å². The lowest BCUT2D eigenvalue weighted by atomic mass is 10.2. The van der Waals surface area contributed by atoms with Gasteiger partial charge in [-0.1, -0.05) is 17.7 Å². The van der Waals surface area contributed by atoms with E-state index in [2.05, 4.69) is 4.98 Å². The molecule has 1 aromatic heterocycles. The molecular formula is C13H12ClNO2. The van der Waals surface area contributed by atoms with Crippen LogP contribution in [-0.4, -0.2) is 17.6 Å². The summed E-state index contributed by atoms with van der Waals surface area (Å²) >= 11 is 5.88. The second-order valence-electron chi connectivity index (χ2n) is 3.54. The molecule has 1 N–H and O–H groups in total. The van der Waals surface area contributed by atoms with Gasteiger partial charge >= 0.3 is 5.97 Å². The van der Waals surface area contributed by atoms with Gasteiger partial charge in [0, 0.05) is 27.7 Å². The number of carbonyl (C=O) groups is 1. The van der Waals surface area contributed by atoms with Gasteiger partial charge in [0.05, 0.1) is 6.61 Å². The quantitative estimate of drug-likeness (QED) is 0.669. The molecule has 1 aromatic carbocycles. The summed E-state index contributed by atoms with van der Waals surface area (Å²) in [6, 6.07) is 7.55. The molecule has 2 aromatic rings. The molecule has 4 heteroatoms. The molecular weight excluding hydrogens is 238 g/mol. The van der Waals surface area contributed by atoms with Crippen molar-refractivity contribution in [1.82, 2.24) is 4.98 Å². The fourth-order valence-corrected chi connectivity index (χ4v) is 1.73. The van der Waals surface area contributed by atoms with Crippen LogP contribution in [0, 0.1) is 0 Å². The van der Waals surface area contributed by atoms with E-state index in [-0.39, 0.29) is 5.97 Å². The van der Waals surface area contributed by atoms with Gasteiger partial charge in [-0.2, -0.15) is 0 Å². The van der Waals surface area contributed by atoms with E-state index < -0.39 is 0 Å². The van der Waals surface area contributed by atoms with E-state index in [0.29, 0.717) is 11.6 Å². The standard InChI is InChI=1S/C13H12ClNO2/c1-2-17-13(16)6-5-11-7-9-3-4-10(14)8-12(9)15-11/h3-8,15H,2H2,1H3/b6-5+. The Bertz CT molecular complexity index is 572. The van der Waals surface area contributed by atoms with Gasteiger partial charge in [0.15, 0.2) is 0 Å². The van der Waals surface area contributed by atoms with Crippen molar-refractivity contribution in [2.75, 3.05) is 6.61 Å². The maximum atomic E-state index is 11.1. The second kappa shape index (κ2) is 5.06. The van der Waals surface area contributed by atoms with Crippen molar-refractivity contribution in [3.8, 4) is 0 Å². The summed E-state index contributed by atoms with van der Waals surface area (Å²) in [6.45, 7) is 2.15. The molecule has 1 heterocycles. The molecule has 88 valence electrons. The highest BCUT2D eigenvalue weighted by Gasteiger charge is 2.00. The molecule has 0 amide bonds. The zero-order valence-electron chi connectivity index (χ0n) is 9.37. The molecule has 0 radical (unpaired) electrons. The third kappa shape index (κ3) is 2.88. The Hall–Kier alpha value is -1.74. The van der Waals surface area contributed by atoms with Crippen LogP contribution >= 0.6 is 11.6 Å². The van der Waals surface area contributed by atoms with Crippen LogP contribution in [0.1, 0.15) is 12.6 Å². The van der Waals surface area contributed by atoms with Gasteiger partial charge in [-0.3, -0.25) is 0 Å². The molecule has 2 rings (SSSR count). The number of aromatic amines is 1. The van der Waals surface area contributed by atoms with E-state index in [0.717, 1.165) is 16.6 Å². The predicted octanol–water partition coefficient (Wildman–Crippen LogP) is 3.40. The van der Waals surface area contributed by atoms with E-state index in [1.807, 2.05) is 24.3 Å². The molecule has 3 nitrogen and oxygen atoms in total. The van der Waals surface area contributed by atoms with Gasteiger partial charge < -0.3 is 9.72 Å². The van der Waals surface area contributed by atoms with Crippen molar-refractivity contribution in [1.29, 1.82) is 0 Å². The highest BCUT2D eigenvalue weighted by atomic mass is 35.5. The van der Waals surface area contributed by atoms with E-state index >= 15 is 0 Å². The number of fused-ring (bicyclic) bond motifs is 1. The summed E-state index contributed by atoms with van der Waals surface area (Å²) in [5, 5.41) is 1.73. The molecule has 0 aliphatic carbocycles. The lowest BCUT2D eigenvalue weighted by Crippen LogP contribution is -1.98. The molecule has 17 heavy (non-hydrogen) atoms. The zero-order chi connectivity index (χ0) is 12.3. The van der Waals surface area contributed by atoms with E-state index in [1.54, 1.807) is 13.0 Å². The van der Waals surface area contributed by atoms with Crippen molar-refractivity contribution >= 4 is 34.5 Å². The molecule has 0 saturated carbocycles. The highest BCUT2D eigenvalue weighted by Crippen LogP contribution is 2.20. The summed E-state index contributed by atoms with van der Waals surface area (Å²) < 4.78 is 4.80. The first-order valence-electron chi connectivity index (χ1n) is 5.32. The Morgan fingerprint density at radius 2 is 2.29 bits per heavy atom. The van der Waals surface area contributed by atoms with Crippen molar-refractivity contribution in [2.24, 2.45) is 0 Å². The number of carbonyl (C=O) groups excluding carboxylic acids is 1. The fourth-order valence-electron chi connectivity index (χ4n) is 1.56. The van der Waals surface area contributed by atoms with E-state index in [4.69, 9.17) is 16.3 Å². The van der Waals surface area contributed by atoms with Gasteiger partial charge in [0.25, 0.3) is 0 Å². The number of esters is 1. The summed E-state index contributed by atoms with van der Waals surface area (Å²) in [5.74, 6) is -0.343. The number of benzene rings is 1. The Labute approximate surface area is 104 Å². The Kier molecular flexibility index (Phi) is 3.49. The van der Waals surface area contributed by atoms with Crippen molar-refractivity contribution in [2.45, 2.75) is 6.92 Å². The van der Waals surface area contributed by atoms with Crippen LogP contribution in [0.25, 0.3) is 17.0 Å². The van der Waals surface area contributed by atoms with Crippen LogP contribution in [-0.2, 0) is 9.53 Å². The van der Waals surface area contributed by atoms with Gasteiger partial charge in [0.1, 0.15) is 0 Å². The predicted molar refractivity (Wildman–Crippen MR) is 69.0 cm³/mol. The molecule has 0 bridgehead atoms. The molecule has 0 unspecified atom stereocenters. The minimum absolute atomic E-state index is 0.343. The maximum absolute atomic E-state index is 11.1. The molecule has 0 fully saturated rings. The van der Waals surface area contributed by atoms with Crippen LogP contribution in [0.5, 0.6) is 0 Å². The summed E-state index contributed by atoms with van der Waals surface area (Å²) in [5.41, 5.74) is 1.79. The second-order valence-corrected chi connectivity index (χ2v) is 3.98. The first kappa shape index (κ1) is 11.7. The van der Waals surface area contributed by atoms with E-state index in [9.17, 15) is 4.79 Å². The van der Waals surface area contributed by atoms with Gasteiger partial charge in [-0.25, -0.2) is 4.79 Å². The van der Waals surface area contributed by atoms with Gasteiger partial charge in [-0.05, 0) is 31.2 Å². The zero-order valence-corrected chi connectivity index (χ0v) is 10.1. The normalized spacial score (nSPS) is 11.2. The van der Waals surface area contributed by atoms with Crippen LogP contribution in [0.15, 0.2) is 30.3 Å². The molecule has 0 saturated heterocycles. The number of hydrogen-bond donors (Lipinski definition) is 1. The smallest absolute Gasteiger partial charge is 0.330 e. The Balaban J connectivity index is 2.22. The summed E-state index contributed by atoms with van der Waals surface area (Å²) in [6.07, 6.45) is 3.09. The number of H-pyrrole nitrogens is 1. The number of rotatable bonds is 3. The largest absolute Gasteiger partial charge is 0.463 e. The third-order valence-corrected chi connectivity index (χ3v) is 2.53. The van der Waals surface area contributed by atoms with Gasteiger partial charge in [-0.15, -0.1) is 0 Å². The maximum Gasteiger partial charge on any atom is 0.330 e. The Morgan fingerprint density at radius 3 is 3.06 bits per heavy atom. The lowest BCUT2D eigenvalue weighted by molar-refractivity contribution is -0.137. The molecule has 0 aliphatic heterocycles. The van der Waals surface area contributed by atoms with Crippen LogP contribution in [0.4, 0.5) is 0 Å². The summed E-state index contributed by atoms with van der Waals surface area (Å²) in [7, 11) is 0. The first-order chi connectivity index (χ1) is 8.19. The Morgan fingerprint density at radius 1 is 1.47 bits per heavy atom. The minimum atomic E-state index is -0.343. The van der Waals surface area contributed by atoms with E-state index in [1.165, 1.54) is 6.08 Å². The SMILES string of the molecule is CCOC(=O)/C=C/c1cc2ccc(Cl)cc2[nH]1. The summed E-state index contributed by atoms with van der Waals surface area (Å²) in [4.78, 5) is 14.3. The van der Waals surface area contributed by atoms with Crippen molar-refractivity contribution in [3.63, 3.8) is 0 Å². The van der Waals surface area contributed by atoms with Gasteiger partial charge in [0.2, 0.25) is 0 Å². The molecule has 0 atom stereocenters. The number of ether oxygens (including phenoxy) is 1. The monoisotopic (exact) mass is 249 g/mol. The minimum Gasteiger partial charge on any atom is -0.463 e. The molecule has 0 spiro atoms. The number of aromatic nitrogens is 1. The number of hydrogen-bond acceptors (Lipinski definition) is 2. The first-order valence-corrected chi connectivity index (χ1v) is 5.70. The third-order valence-electron chi connectivity index (χ3n) is 2.29. The number of nitrogens with one attached hydrogen (secondary N) is 1. The fraction of sp³-hybridized carbons (Fsp3) is 0.154. The highest BCUT2D eigenvalue weighted by molar-refractivity contribution is 6.31. The average molecular weight is 250 g/mol. The topological polar surface area (TPSA) is 42.1 Å². The van der Waals surface area contributed by atoms with Crippen molar-refractivity contribution in [3.05, 3.63) is 41.1 Å². The van der Waals surface area contributed by atoms with Crippen LogP contribution in [0.3, 0.4) is 0 Å². The lowest BCUT2D eigenvalue weighted by Gasteiger charge is -1.93. The van der Waals surface area contributed by atoms with Crippen LogP contribution < -0.4 is 0 Å². The average Bonchev–Trinajstić information content (AvgIpc) is 2.68.